The van der Waals surface area contributed by atoms with Gasteiger partial charge in [-0.3, -0.25) is 9.78 Å². The number of pyridine rings is 1. The van der Waals surface area contributed by atoms with Crippen LogP contribution in [0.1, 0.15) is 36.5 Å². The summed E-state index contributed by atoms with van der Waals surface area (Å²) in [5.74, 6) is -0.147. The summed E-state index contributed by atoms with van der Waals surface area (Å²) >= 11 is 0. The Morgan fingerprint density at radius 2 is 1.81 bits per heavy atom. The van der Waals surface area contributed by atoms with Crippen LogP contribution in [0, 0.1) is 0 Å². The maximum Gasteiger partial charge on any atom is 0.251 e. The van der Waals surface area contributed by atoms with Gasteiger partial charge in [0.05, 0.1) is 41.6 Å². The van der Waals surface area contributed by atoms with Crippen LogP contribution < -0.4 is 15.0 Å². The topological polar surface area (TPSA) is 193 Å². The van der Waals surface area contributed by atoms with E-state index in [0.717, 1.165) is 31.9 Å². The maximum atomic E-state index is 14.2. The Hall–Kier alpha value is -3.79. The van der Waals surface area contributed by atoms with Gasteiger partial charge in [-0.15, -0.1) is 0 Å². The van der Waals surface area contributed by atoms with Crippen LogP contribution in [0.25, 0.3) is 10.9 Å². The fraction of sp³-hybridized carbons (Fsp3) is 0.455. The number of nitrogens with one attached hydrogen (secondary N) is 1. The Kier molecular flexibility index (Phi) is 12.5. The van der Waals surface area contributed by atoms with Gasteiger partial charge in [0.25, 0.3) is 5.91 Å². The van der Waals surface area contributed by atoms with Crippen molar-refractivity contribution in [1.82, 2.24) is 15.2 Å². The number of aliphatic hydroxyl groups is 5. The van der Waals surface area contributed by atoms with Gasteiger partial charge in [0.1, 0.15) is 29.0 Å². The summed E-state index contributed by atoms with van der Waals surface area (Å²) in [6.07, 6.45) is 0.262. The summed E-state index contributed by atoms with van der Waals surface area (Å²) < 4.78 is 34.1. The van der Waals surface area contributed by atoms with Gasteiger partial charge in [0.15, 0.2) is 0 Å². The molecule has 4 atom stereocenters. The number of sulfone groups is 1. The molecule has 2 heterocycles. The molecule has 256 valence electrons. The van der Waals surface area contributed by atoms with Crippen LogP contribution in [0.2, 0.25) is 0 Å². The number of aliphatic hydroxyl groups excluding tert-OH is 5. The van der Waals surface area contributed by atoms with Gasteiger partial charge in [-0.05, 0) is 75.0 Å². The smallest absolute Gasteiger partial charge is 0.251 e. The predicted molar refractivity (Wildman–Crippen MR) is 176 cm³/mol. The van der Waals surface area contributed by atoms with Crippen molar-refractivity contribution in [3.8, 4) is 5.75 Å². The molecule has 1 aromatic heterocycles. The summed E-state index contributed by atoms with van der Waals surface area (Å²) in [4.78, 5) is 22.1. The third-order valence-corrected chi connectivity index (χ3v) is 9.95. The molecule has 0 bridgehead atoms. The van der Waals surface area contributed by atoms with Crippen LogP contribution in [0.5, 0.6) is 5.75 Å². The average molecular weight is 673 g/mol. The van der Waals surface area contributed by atoms with Crippen LogP contribution in [-0.4, -0.2) is 121 Å². The molecule has 0 spiro atoms. The second-order valence-electron chi connectivity index (χ2n) is 11.6. The third kappa shape index (κ3) is 8.58. The summed E-state index contributed by atoms with van der Waals surface area (Å²) in [5.41, 5.74) is 0.967. The van der Waals surface area contributed by atoms with Crippen molar-refractivity contribution in [1.29, 1.82) is 0 Å². The van der Waals surface area contributed by atoms with E-state index in [1.807, 2.05) is 11.9 Å². The van der Waals surface area contributed by atoms with E-state index in [1.165, 1.54) is 30.5 Å². The number of carbonyl (C=O) groups is 1. The first-order chi connectivity index (χ1) is 22.5. The molecular formula is C33H44N4O9S. The second-order valence-corrected chi connectivity index (χ2v) is 13.5. The molecule has 1 saturated heterocycles. The van der Waals surface area contributed by atoms with Gasteiger partial charge >= 0.3 is 0 Å². The van der Waals surface area contributed by atoms with Crippen molar-refractivity contribution >= 4 is 32.3 Å². The van der Waals surface area contributed by atoms with Crippen LogP contribution in [-0.2, 0) is 9.84 Å². The molecule has 47 heavy (non-hydrogen) atoms. The molecule has 0 aliphatic carbocycles. The van der Waals surface area contributed by atoms with E-state index in [-0.39, 0.29) is 15.4 Å². The van der Waals surface area contributed by atoms with Gasteiger partial charge in [-0.25, -0.2) is 8.42 Å². The van der Waals surface area contributed by atoms with Crippen molar-refractivity contribution in [3.05, 3.63) is 66.6 Å². The monoisotopic (exact) mass is 672 g/mol. The van der Waals surface area contributed by atoms with Crippen molar-refractivity contribution in [2.45, 2.75) is 60.3 Å². The Balaban J connectivity index is 1.77. The lowest BCUT2D eigenvalue weighted by atomic mass is 10.0. The highest BCUT2D eigenvalue weighted by Gasteiger charge is 2.32. The molecule has 14 heteroatoms. The summed E-state index contributed by atoms with van der Waals surface area (Å²) in [7, 11) is -2.08. The molecule has 4 unspecified atom stereocenters. The molecule has 13 nitrogen and oxygen atoms in total. The average Bonchev–Trinajstić information content (AvgIpc) is 3.30. The van der Waals surface area contributed by atoms with E-state index in [9.17, 15) is 33.6 Å². The van der Waals surface area contributed by atoms with Crippen molar-refractivity contribution in [2.24, 2.45) is 0 Å². The van der Waals surface area contributed by atoms with E-state index in [2.05, 4.69) is 22.1 Å². The highest BCUT2D eigenvalue weighted by Crippen LogP contribution is 2.37. The number of aromatic nitrogens is 1. The van der Waals surface area contributed by atoms with Crippen LogP contribution >= 0.6 is 0 Å². The van der Waals surface area contributed by atoms with Gasteiger partial charge in [-0.2, -0.15) is 0 Å². The second kappa shape index (κ2) is 16.4. The minimum Gasteiger partial charge on any atom is -0.516 e. The lowest BCUT2D eigenvalue weighted by Crippen LogP contribution is -2.51. The maximum absolute atomic E-state index is 14.2. The molecule has 1 amide bonds. The molecule has 1 aliphatic heterocycles. The van der Waals surface area contributed by atoms with E-state index < -0.39 is 46.7 Å². The minimum atomic E-state index is -4.08. The molecule has 4 rings (SSSR count). The highest BCUT2D eigenvalue weighted by molar-refractivity contribution is 7.91. The Bertz CT molecular complexity index is 1640. The van der Waals surface area contributed by atoms with Gasteiger partial charge in [0, 0.05) is 36.8 Å². The molecule has 0 saturated carbocycles. The standard InChI is InChI=1S/C33H44N4O9S/c1-3-4-18-46-23-7-9-24(10-8-23)47(44,45)29-20-34-26-11-6-22(19-25(26)30(29)37-14-5-13-36(2)15-16-37)33(43)35-27(12-17-38)31(41)32(42)28(40)21-39/h6-12,17,19-20,27-28,31-32,38-42H,3-5,13-16,18,21H2,1-2H3,(H,35,43)/b17-12-. The lowest BCUT2D eigenvalue weighted by molar-refractivity contribution is -0.0815. The zero-order chi connectivity index (χ0) is 34.1. The van der Waals surface area contributed by atoms with E-state index in [4.69, 9.17) is 9.84 Å². The Morgan fingerprint density at radius 1 is 1.06 bits per heavy atom. The van der Waals surface area contributed by atoms with Crippen LogP contribution in [0.3, 0.4) is 0 Å². The lowest BCUT2D eigenvalue weighted by Gasteiger charge is -2.28. The molecule has 0 radical (unpaired) electrons. The first-order valence-corrected chi connectivity index (χ1v) is 17.1. The number of anilines is 1. The SMILES string of the molecule is CCCCOc1ccc(S(=O)(=O)c2cnc3ccc(C(=O)NC(/C=C\O)C(O)C(O)C(O)CO)cc3c2N2CCCN(C)CC2)cc1. The summed E-state index contributed by atoms with van der Waals surface area (Å²) in [5, 5.41) is 52.0. The third-order valence-electron chi connectivity index (χ3n) is 8.18. The summed E-state index contributed by atoms with van der Waals surface area (Å²) in [6.45, 7) is 4.35. The quantitative estimate of drug-likeness (QED) is 0.107. The zero-order valence-electron chi connectivity index (χ0n) is 26.6. The molecular weight excluding hydrogens is 628 g/mol. The van der Waals surface area contributed by atoms with Crippen LogP contribution in [0.15, 0.2) is 70.8 Å². The van der Waals surface area contributed by atoms with E-state index in [1.54, 1.807) is 18.2 Å². The number of nitrogens with zero attached hydrogens (tertiary/aromatic N) is 3. The van der Waals surface area contributed by atoms with Gasteiger partial charge in [-0.1, -0.05) is 13.3 Å². The van der Waals surface area contributed by atoms with Gasteiger partial charge in [0.2, 0.25) is 9.84 Å². The number of carbonyl (C=O) groups excluding carboxylic acids is 1. The first-order valence-electron chi connectivity index (χ1n) is 15.6. The van der Waals surface area contributed by atoms with Crippen LogP contribution in [0.4, 0.5) is 5.69 Å². The first kappa shape index (κ1) is 36.1. The Morgan fingerprint density at radius 3 is 2.49 bits per heavy atom. The predicted octanol–water partition coefficient (Wildman–Crippen LogP) is 1.63. The number of benzene rings is 2. The van der Waals surface area contributed by atoms with Crippen molar-refractivity contribution < 1.29 is 43.5 Å². The summed E-state index contributed by atoms with van der Waals surface area (Å²) in [6, 6.07) is 9.52. The molecule has 6 N–H and O–H groups in total. The molecule has 1 fully saturated rings. The number of hydrogen-bond acceptors (Lipinski definition) is 12. The number of hydrogen-bond donors (Lipinski definition) is 6. The highest BCUT2D eigenvalue weighted by atomic mass is 32.2. The van der Waals surface area contributed by atoms with Gasteiger partial charge < -0.3 is 45.4 Å². The fourth-order valence-electron chi connectivity index (χ4n) is 5.39. The van der Waals surface area contributed by atoms with E-state index >= 15 is 0 Å². The number of likely N-dealkylation sites (N-methyl/N-ethyl adjacent to an activating group) is 1. The zero-order valence-corrected chi connectivity index (χ0v) is 27.4. The molecule has 1 aliphatic rings. The van der Waals surface area contributed by atoms with Crippen molar-refractivity contribution in [3.63, 3.8) is 0 Å². The number of ether oxygens (including phenoxy) is 1. The van der Waals surface area contributed by atoms with Crippen molar-refractivity contribution in [2.75, 3.05) is 51.3 Å². The minimum absolute atomic E-state index is 0.00983. The number of fused-ring (bicyclic) bond motifs is 1. The molecule has 3 aromatic rings. The molecule has 2 aromatic carbocycles. The Labute approximate surface area is 274 Å². The number of unbranched alkanes of at least 4 members (excludes halogenated alkanes) is 1. The van der Waals surface area contributed by atoms with E-state index in [0.29, 0.717) is 54.8 Å². The fourth-order valence-corrected chi connectivity index (χ4v) is 6.83. The normalized spacial score (nSPS) is 17.3. The number of rotatable bonds is 14. The number of amides is 1. The largest absolute Gasteiger partial charge is 0.516 e.